The molecule has 6 nitrogen and oxygen atoms in total. The monoisotopic (exact) mass is 357 g/mol. The van der Waals surface area contributed by atoms with Crippen LogP contribution in [0.15, 0.2) is 12.1 Å². The lowest BCUT2D eigenvalue weighted by Crippen LogP contribution is -2.57. The van der Waals surface area contributed by atoms with Crippen molar-refractivity contribution in [3.8, 4) is 0 Å². The average molecular weight is 357 g/mol. The first-order valence-electron chi connectivity index (χ1n) is 9.22. The van der Waals surface area contributed by atoms with Crippen molar-refractivity contribution in [1.82, 2.24) is 15.5 Å². The molecule has 26 heavy (non-hydrogen) atoms. The van der Waals surface area contributed by atoms with Crippen LogP contribution in [0.2, 0.25) is 0 Å². The average Bonchev–Trinajstić information content (AvgIpc) is 2.91. The van der Waals surface area contributed by atoms with Crippen molar-refractivity contribution in [2.24, 2.45) is 0 Å². The number of hydrogen-bond acceptors (Lipinski definition) is 4. The largest absolute Gasteiger partial charge is 0.322 e. The lowest BCUT2D eigenvalue weighted by molar-refractivity contribution is -0.136. The fraction of sp³-hybridized carbons (Fsp3) is 0.526. The summed E-state index contributed by atoms with van der Waals surface area (Å²) in [6.07, 6.45) is 3.63. The van der Waals surface area contributed by atoms with Crippen LogP contribution in [0.3, 0.4) is 0 Å². The molecule has 1 aliphatic carbocycles. The van der Waals surface area contributed by atoms with E-state index in [1.165, 1.54) is 17.4 Å². The Hall–Kier alpha value is -2.28. The van der Waals surface area contributed by atoms with Crippen LogP contribution in [0.5, 0.6) is 0 Å². The highest BCUT2D eigenvalue weighted by Gasteiger charge is 2.43. The summed E-state index contributed by atoms with van der Waals surface area (Å²) in [7, 11) is 0. The van der Waals surface area contributed by atoms with Crippen molar-refractivity contribution < 1.29 is 18.8 Å². The van der Waals surface area contributed by atoms with E-state index in [9.17, 15) is 18.8 Å². The van der Waals surface area contributed by atoms with Crippen molar-refractivity contribution in [2.45, 2.75) is 62.7 Å². The van der Waals surface area contributed by atoms with Gasteiger partial charge in [-0.1, -0.05) is 0 Å². The van der Waals surface area contributed by atoms with Gasteiger partial charge in [0.25, 0.3) is 5.91 Å². The fourth-order valence-corrected chi connectivity index (χ4v) is 5.04. The molecule has 4 aliphatic heterocycles. The molecule has 3 amide bonds. The third-order valence-corrected chi connectivity index (χ3v) is 6.27. The first-order valence-corrected chi connectivity index (χ1v) is 9.22. The maximum Gasteiger partial charge on any atom is 0.255 e. The van der Waals surface area contributed by atoms with E-state index in [-0.39, 0.29) is 24.2 Å². The van der Waals surface area contributed by atoms with E-state index in [0.29, 0.717) is 30.6 Å². The molecule has 4 heterocycles. The second-order valence-electron chi connectivity index (χ2n) is 7.89. The summed E-state index contributed by atoms with van der Waals surface area (Å²) >= 11 is 0. The molecule has 0 spiro atoms. The van der Waals surface area contributed by atoms with Crippen molar-refractivity contribution in [3.05, 3.63) is 34.6 Å². The third-order valence-electron chi connectivity index (χ3n) is 6.27. The molecule has 136 valence electrons. The molecule has 3 atom stereocenters. The van der Waals surface area contributed by atoms with Gasteiger partial charge in [0.05, 0.1) is 0 Å². The summed E-state index contributed by atoms with van der Waals surface area (Å²) in [4.78, 5) is 37.9. The van der Waals surface area contributed by atoms with E-state index in [4.69, 9.17) is 0 Å². The van der Waals surface area contributed by atoms with Gasteiger partial charge in [-0.15, -0.1) is 0 Å². The van der Waals surface area contributed by atoms with Crippen molar-refractivity contribution in [2.75, 3.05) is 0 Å². The number of piperidine rings is 2. The minimum absolute atomic E-state index is 0.218. The second-order valence-corrected chi connectivity index (χ2v) is 7.89. The first kappa shape index (κ1) is 15.9. The Bertz CT molecular complexity index is 824. The van der Waals surface area contributed by atoms with Gasteiger partial charge >= 0.3 is 0 Å². The van der Waals surface area contributed by atoms with Crippen LogP contribution in [0, 0.1) is 5.82 Å². The lowest BCUT2D eigenvalue weighted by atomic mass is 9.72. The zero-order chi connectivity index (χ0) is 18.0. The van der Waals surface area contributed by atoms with Gasteiger partial charge in [-0.2, -0.15) is 0 Å². The summed E-state index contributed by atoms with van der Waals surface area (Å²) in [5.41, 5.74) is 2.14. The Labute approximate surface area is 150 Å². The number of nitrogens with one attached hydrogen (secondary N) is 2. The maximum absolute atomic E-state index is 14.2. The second kappa shape index (κ2) is 5.61. The normalized spacial score (nSPS) is 33.0. The molecule has 1 aromatic rings. The molecule has 1 saturated carbocycles. The van der Waals surface area contributed by atoms with E-state index < -0.39 is 17.8 Å². The third kappa shape index (κ3) is 2.37. The van der Waals surface area contributed by atoms with Crippen LogP contribution in [0.4, 0.5) is 4.39 Å². The number of fused-ring (bicyclic) bond motifs is 3. The first-order chi connectivity index (χ1) is 12.5. The van der Waals surface area contributed by atoms with Crippen molar-refractivity contribution in [1.29, 1.82) is 0 Å². The Kier molecular flexibility index (Phi) is 3.44. The van der Waals surface area contributed by atoms with Gasteiger partial charge in [-0.25, -0.2) is 4.39 Å². The van der Waals surface area contributed by atoms with E-state index in [1.807, 2.05) is 0 Å². The van der Waals surface area contributed by atoms with Crippen LogP contribution in [-0.4, -0.2) is 40.7 Å². The molecule has 3 saturated heterocycles. The quantitative estimate of drug-likeness (QED) is 0.780. The van der Waals surface area contributed by atoms with Gasteiger partial charge in [-0.05, 0) is 54.9 Å². The Morgan fingerprint density at radius 2 is 1.81 bits per heavy atom. The smallest absolute Gasteiger partial charge is 0.255 e. The molecule has 0 radical (unpaired) electrons. The van der Waals surface area contributed by atoms with Gasteiger partial charge in [0.1, 0.15) is 11.9 Å². The number of hydrogen-bond donors (Lipinski definition) is 2. The molecule has 4 fully saturated rings. The van der Waals surface area contributed by atoms with E-state index in [2.05, 4.69) is 10.6 Å². The number of carbonyl (C=O) groups excluding carboxylic acids is 3. The van der Waals surface area contributed by atoms with Gasteiger partial charge in [0.2, 0.25) is 11.8 Å². The molecule has 7 heteroatoms. The minimum atomic E-state index is -0.662. The van der Waals surface area contributed by atoms with E-state index in [1.54, 1.807) is 6.07 Å². The van der Waals surface area contributed by atoms with Crippen molar-refractivity contribution in [3.63, 3.8) is 0 Å². The summed E-state index contributed by atoms with van der Waals surface area (Å²) < 4.78 is 14.2. The molecule has 1 aromatic carbocycles. The number of amides is 3. The Morgan fingerprint density at radius 3 is 2.50 bits per heavy atom. The number of imide groups is 1. The van der Waals surface area contributed by atoms with Gasteiger partial charge in [-0.3, -0.25) is 19.7 Å². The standard InChI is InChI=1S/C19H20FN3O3/c20-10-5-13(9-3-11-7-12(4-9)21-11)15-8-23(19(26)14(15)6-10)16-1-2-17(24)22-18(16)25/h5-6,9,11-12,16,21H,1-4,7-8H2,(H,22,24,25). The Balaban J connectivity index is 1.47. The zero-order valence-electron chi connectivity index (χ0n) is 14.3. The predicted molar refractivity (Wildman–Crippen MR) is 89.7 cm³/mol. The van der Waals surface area contributed by atoms with Crippen LogP contribution >= 0.6 is 0 Å². The molecule has 6 rings (SSSR count). The number of halogens is 1. The van der Waals surface area contributed by atoms with Gasteiger partial charge in [0.15, 0.2) is 0 Å². The van der Waals surface area contributed by atoms with Crippen LogP contribution < -0.4 is 10.6 Å². The highest BCUT2D eigenvalue weighted by atomic mass is 19.1. The van der Waals surface area contributed by atoms with Crippen LogP contribution in [-0.2, 0) is 16.1 Å². The lowest BCUT2D eigenvalue weighted by Gasteiger charge is -2.47. The zero-order valence-corrected chi connectivity index (χ0v) is 14.3. The number of benzene rings is 1. The molecular weight excluding hydrogens is 337 g/mol. The highest BCUT2D eigenvalue weighted by Crippen LogP contribution is 2.43. The van der Waals surface area contributed by atoms with E-state index in [0.717, 1.165) is 24.0 Å². The minimum Gasteiger partial charge on any atom is -0.322 e. The van der Waals surface area contributed by atoms with Crippen LogP contribution in [0.1, 0.15) is 59.5 Å². The predicted octanol–water partition coefficient (Wildman–Crippen LogP) is 1.19. The summed E-state index contributed by atoms with van der Waals surface area (Å²) in [5, 5.41) is 5.78. The SMILES string of the molecule is O=C1CCC(N2Cc3c(cc(F)cc3C3CC4CC(C3)N4)C2=O)C(=O)N1. The van der Waals surface area contributed by atoms with Crippen LogP contribution in [0.25, 0.3) is 0 Å². The summed E-state index contributed by atoms with van der Waals surface area (Å²) in [5.74, 6) is -1.21. The summed E-state index contributed by atoms with van der Waals surface area (Å²) in [6, 6.07) is 3.16. The van der Waals surface area contributed by atoms with Gasteiger partial charge in [0, 0.05) is 30.6 Å². The molecule has 3 unspecified atom stereocenters. The number of rotatable bonds is 2. The number of carbonyl (C=O) groups is 3. The fourth-order valence-electron chi connectivity index (χ4n) is 5.04. The van der Waals surface area contributed by atoms with Gasteiger partial charge < -0.3 is 10.2 Å². The molecule has 0 aromatic heterocycles. The Morgan fingerprint density at radius 1 is 1.08 bits per heavy atom. The molecular formula is C19H20FN3O3. The molecule has 2 bridgehead atoms. The van der Waals surface area contributed by atoms with E-state index >= 15 is 0 Å². The topological polar surface area (TPSA) is 78.5 Å². The van der Waals surface area contributed by atoms with Crippen molar-refractivity contribution >= 4 is 17.7 Å². The molecule has 5 aliphatic rings. The summed E-state index contributed by atoms with van der Waals surface area (Å²) in [6.45, 7) is 0.315. The number of nitrogens with zero attached hydrogens (tertiary/aromatic N) is 1. The molecule has 2 N–H and O–H groups in total. The highest BCUT2D eigenvalue weighted by molar-refractivity contribution is 6.05. The maximum atomic E-state index is 14.2.